The lowest BCUT2D eigenvalue weighted by atomic mass is 10.3. The molecule has 5 heteroatoms. The number of aryl methyl sites for hydroxylation is 1. The fourth-order valence-corrected chi connectivity index (χ4v) is 1.28. The molecule has 0 saturated carbocycles. The predicted octanol–water partition coefficient (Wildman–Crippen LogP) is 1.30. The molecule has 0 aliphatic carbocycles. The van der Waals surface area contributed by atoms with Gasteiger partial charge in [-0.1, -0.05) is 10.3 Å². The number of rotatable bonds is 5. The second-order valence-electron chi connectivity index (χ2n) is 3.30. The summed E-state index contributed by atoms with van der Waals surface area (Å²) in [6, 6.07) is 3.85. The summed E-state index contributed by atoms with van der Waals surface area (Å²) in [5.74, 6) is 0.984. The highest BCUT2D eigenvalue weighted by atomic mass is 16.6. The molecule has 0 spiro atoms. The van der Waals surface area contributed by atoms with Gasteiger partial charge in [0.2, 0.25) is 0 Å². The zero-order chi connectivity index (χ0) is 10.5. The quantitative estimate of drug-likeness (QED) is 0.749. The first kappa shape index (κ1) is 9.92. The fourth-order valence-electron chi connectivity index (χ4n) is 1.28. The van der Waals surface area contributed by atoms with Gasteiger partial charge < -0.3 is 9.73 Å². The topological polar surface area (TPSA) is 64.1 Å². The van der Waals surface area contributed by atoms with E-state index in [1.54, 1.807) is 6.26 Å². The van der Waals surface area contributed by atoms with Crippen LogP contribution in [0.2, 0.25) is 0 Å². The van der Waals surface area contributed by atoms with Gasteiger partial charge in [0.25, 0.3) is 0 Å². The Labute approximate surface area is 87.4 Å². The smallest absolute Gasteiger partial charge is 0.121 e. The first-order chi connectivity index (χ1) is 7.36. The number of nitrogens with one attached hydrogen (secondary N) is 1. The molecular formula is C10H13N3O2. The lowest BCUT2D eigenvalue weighted by Gasteiger charge is -1.99. The summed E-state index contributed by atoms with van der Waals surface area (Å²) in [7, 11) is 0. The van der Waals surface area contributed by atoms with Crippen molar-refractivity contribution in [1.82, 2.24) is 15.6 Å². The zero-order valence-corrected chi connectivity index (χ0v) is 8.56. The molecular weight excluding hydrogens is 194 g/mol. The molecule has 5 nitrogen and oxygen atoms in total. The van der Waals surface area contributed by atoms with Gasteiger partial charge in [-0.25, -0.2) is 4.63 Å². The van der Waals surface area contributed by atoms with Crippen LogP contribution in [0, 0.1) is 6.92 Å². The summed E-state index contributed by atoms with van der Waals surface area (Å²) in [4.78, 5) is 0. The van der Waals surface area contributed by atoms with Gasteiger partial charge in [-0.2, -0.15) is 0 Å². The minimum Gasteiger partial charge on any atom is -0.469 e. The van der Waals surface area contributed by atoms with Crippen LogP contribution in [-0.2, 0) is 13.0 Å². The molecule has 15 heavy (non-hydrogen) atoms. The van der Waals surface area contributed by atoms with Crippen molar-refractivity contribution in [3.8, 4) is 0 Å². The Hall–Kier alpha value is -1.62. The van der Waals surface area contributed by atoms with E-state index in [9.17, 15) is 0 Å². The van der Waals surface area contributed by atoms with Crippen molar-refractivity contribution < 1.29 is 9.05 Å². The molecule has 0 saturated heterocycles. The Kier molecular flexibility index (Phi) is 3.14. The van der Waals surface area contributed by atoms with Crippen LogP contribution in [0.15, 0.2) is 27.4 Å². The first-order valence-corrected chi connectivity index (χ1v) is 4.87. The second-order valence-corrected chi connectivity index (χ2v) is 3.30. The molecule has 0 unspecified atom stereocenters. The summed E-state index contributed by atoms with van der Waals surface area (Å²) in [5.41, 5.74) is 1.69. The van der Waals surface area contributed by atoms with Crippen LogP contribution in [0.25, 0.3) is 0 Å². The van der Waals surface area contributed by atoms with E-state index >= 15 is 0 Å². The van der Waals surface area contributed by atoms with Crippen molar-refractivity contribution in [1.29, 1.82) is 0 Å². The average Bonchev–Trinajstić information content (AvgIpc) is 2.85. The molecule has 0 aliphatic rings. The highest BCUT2D eigenvalue weighted by Crippen LogP contribution is 2.01. The van der Waals surface area contributed by atoms with Crippen LogP contribution < -0.4 is 5.32 Å². The molecule has 2 aromatic rings. The van der Waals surface area contributed by atoms with Gasteiger partial charge in [-0.05, 0) is 19.1 Å². The number of aromatic nitrogens is 2. The highest BCUT2D eigenvalue weighted by molar-refractivity contribution is 5.04. The summed E-state index contributed by atoms with van der Waals surface area (Å²) < 4.78 is 9.80. The Morgan fingerprint density at radius 2 is 2.33 bits per heavy atom. The summed E-state index contributed by atoms with van der Waals surface area (Å²) in [6.45, 7) is 3.40. The molecule has 0 bridgehead atoms. The van der Waals surface area contributed by atoms with Gasteiger partial charge in [-0.3, -0.25) is 0 Å². The van der Waals surface area contributed by atoms with Crippen molar-refractivity contribution >= 4 is 0 Å². The van der Waals surface area contributed by atoms with Gasteiger partial charge in [0, 0.05) is 19.5 Å². The first-order valence-electron chi connectivity index (χ1n) is 4.87. The van der Waals surface area contributed by atoms with Crippen molar-refractivity contribution in [3.05, 3.63) is 35.5 Å². The molecule has 0 fully saturated rings. The summed E-state index contributed by atoms with van der Waals surface area (Å²) in [6.07, 6.45) is 2.55. The zero-order valence-electron chi connectivity index (χ0n) is 8.56. The van der Waals surface area contributed by atoms with Crippen molar-refractivity contribution in [2.24, 2.45) is 0 Å². The number of hydrogen-bond donors (Lipinski definition) is 1. The van der Waals surface area contributed by atoms with Crippen LogP contribution in [-0.4, -0.2) is 16.9 Å². The van der Waals surface area contributed by atoms with Crippen molar-refractivity contribution in [2.75, 3.05) is 6.54 Å². The molecule has 2 rings (SSSR count). The maximum absolute atomic E-state index is 5.21. The average molecular weight is 207 g/mol. The Morgan fingerprint density at radius 3 is 3.00 bits per heavy atom. The maximum atomic E-state index is 5.21. The van der Waals surface area contributed by atoms with E-state index < -0.39 is 0 Å². The standard InChI is InChI=1S/C10H13N3O2/c1-8-10(13-15-12-8)7-11-5-4-9-3-2-6-14-9/h2-3,6,11H,4-5,7H2,1H3. The van der Waals surface area contributed by atoms with Crippen LogP contribution in [0.1, 0.15) is 17.1 Å². The molecule has 1 N–H and O–H groups in total. The molecule has 0 aliphatic heterocycles. The summed E-state index contributed by atoms with van der Waals surface area (Å²) in [5, 5.41) is 10.7. The second kappa shape index (κ2) is 4.75. The van der Waals surface area contributed by atoms with Crippen LogP contribution in [0.4, 0.5) is 0 Å². The normalized spacial score (nSPS) is 10.7. The predicted molar refractivity (Wildman–Crippen MR) is 53.2 cm³/mol. The van der Waals surface area contributed by atoms with E-state index in [0.29, 0.717) is 6.54 Å². The van der Waals surface area contributed by atoms with E-state index in [1.807, 2.05) is 19.1 Å². The lowest BCUT2D eigenvalue weighted by molar-refractivity contribution is 0.300. The molecule has 0 atom stereocenters. The minimum atomic E-state index is 0.677. The van der Waals surface area contributed by atoms with E-state index in [1.165, 1.54) is 0 Å². The number of furan rings is 1. The van der Waals surface area contributed by atoms with Crippen LogP contribution in [0.5, 0.6) is 0 Å². The lowest BCUT2D eigenvalue weighted by Crippen LogP contribution is -2.17. The number of hydrogen-bond acceptors (Lipinski definition) is 5. The Balaban J connectivity index is 1.70. The Morgan fingerprint density at radius 1 is 1.40 bits per heavy atom. The fraction of sp³-hybridized carbons (Fsp3) is 0.400. The molecule has 0 radical (unpaired) electrons. The van der Waals surface area contributed by atoms with Gasteiger partial charge in [0.15, 0.2) is 0 Å². The third-order valence-corrected chi connectivity index (χ3v) is 2.17. The van der Waals surface area contributed by atoms with Crippen molar-refractivity contribution in [2.45, 2.75) is 19.9 Å². The largest absolute Gasteiger partial charge is 0.469 e. The third-order valence-electron chi connectivity index (χ3n) is 2.17. The van der Waals surface area contributed by atoms with Gasteiger partial charge >= 0.3 is 0 Å². The number of nitrogens with zero attached hydrogens (tertiary/aromatic N) is 2. The van der Waals surface area contributed by atoms with E-state index in [2.05, 4.69) is 20.3 Å². The molecule has 0 aromatic carbocycles. The van der Waals surface area contributed by atoms with Crippen LogP contribution >= 0.6 is 0 Å². The van der Waals surface area contributed by atoms with E-state index in [0.717, 1.165) is 30.1 Å². The van der Waals surface area contributed by atoms with Gasteiger partial charge in [-0.15, -0.1) is 0 Å². The van der Waals surface area contributed by atoms with E-state index in [-0.39, 0.29) is 0 Å². The van der Waals surface area contributed by atoms with Gasteiger partial charge in [0.1, 0.15) is 17.1 Å². The molecule has 2 aromatic heterocycles. The third kappa shape index (κ3) is 2.66. The monoisotopic (exact) mass is 207 g/mol. The maximum Gasteiger partial charge on any atom is 0.121 e. The minimum absolute atomic E-state index is 0.677. The SMILES string of the molecule is Cc1nonc1CNCCc1ccco1. The summed E-state index contributed by atoms with van der Waals surface area (Å²) >= 11 is 0. The molecule has 2 heterocycles. The van der Waals surface area contributed by atoms with Crippen molar-refractivity contribution in [3.63, 3.8) is 0 Å². The highest BCUT2D eigenvalue weighted by Gasteiger charge is 2.03. The molecule has 0 amide bonds. The molecule has 80 valence electrons. The van der Waals surface area contributed by atoms with Gasteiger partial charge in [0.05, 0.1) is 6.26 Å². The van der Waals surface area contributed by atoms with Crippen LogP contribution in [0.3, 0.4) is 0 Å². The van der Waals surface area contributed by atoms with E-state index in [4.69, 9.17) is 4.42 Å². The Bertz CT molecular complexity index is 394.